The van der Waals surface area contributed by atoms with Gasteiger partial charge >= 0.3 is 0 Å². The minimum absolute atomic E-state index is 0.0619. The summed E-state index contributed by atoms with van der Waals surface area (Å²) in [5.41, 5.74) is 3.86. The van der Waals surface area contributed by atoms with Crippen LogP contribution in [0, 0.1) is 0 Å². The van der Waals surface area contributed by atoms with Crippen LogP contribution in [0.5, 0.6) is 11.5 Å². The predicted molar refractivity (Wildman–Crippen MR) is 128 cm³/mol. The molecule has 0 atom stereocenters. The van der Waals surface area contributed by atoms with Gasteiger partial charge < -0.3 is 14.4 Å². The van der Waals surface area contributed by atoms with Gasteiger partial charge in [0.1, 0.15) is 4.32 Å². The number of rotatable bonds is 8. The summed E-state index contributed by atoms with van der Waals surface area (Å²) in [7, 11) is 2.09. The number of fused-ring (bicyclic) bond motifs is 1. The fraction of sp³-hybridized carbons (Fsp3) is 0.500. The van der Waals surface area contributed by atoms with Crippen molar-refractivity contribution < 1.29 is 19.1 Å². The smallest absolute Gasteiger partial charge is 0.266 e. The zero-order chi connectivity index (χ0) is 22.5. The maximum absolute atomic E-state index is 12.8. The highest BCUT2D eigenvalue weighted by Gasteiger charge is 2.31. The molecule has 2 saturated heterocycles. The van der Waals surface area contributed by atoms with Gasteiger partial charge in [-0.1, -0.05) is 36.5 Å². The quantitative estimate of drug-likeness (QED) is 0.349. The molecule has 0 bridgehead atoms. The van der Waals surface area contributed by atoms with Crippen molar-refractivity contribution in [2.75, 3.05) is 46.6 Å². The maximum atomic E-state index is 12.8. The molecule has 2 amide bonds. The van der Waals surface area contributed by atoms with Crippen LogP contribution < -0.4 is 14.9 Å². The Hall–Kier alpha value is -2.14. The van der Waals surface area contributed by atoms with Gasteiger partial charge in [0.05, 0.1) is 4.91 Å². The molecule has 1 N–H and O–H groups in total. The molecule has 3 aliphatic rings. The van der Waals surface area contributed by atoms with E-state index in [-0.39, 0.29) is 18.6 Å². The Morgan fingerprint density at radius 1 is 1.16 bits per heavy atom. The predicted octanol–water partition coefficient (Wildman–Crippen LogP) is 2.46. The number of nitrogens with one attached hydrogen (secondary N) is 1. The van der Waals surface area contributed by atoms with Crippen LogP contribution in [-0.4, -0.2) is 77.5 Å². The number of amides is 2. The van der Waals surface area contributed by atoms with Crippen LogP contribution in [0.15, 0.2) is 23.1 Å². The summed E-state index contributed by atoms with van der Waals surface area (Å²) in [4.78, 5) is 29.4. The van der Waals surface area contributed by atoms with Gasteiger partial charge in [0.15, 0.2) is 11.5 Å². The Kier molecular flexibility index (Phi) is 7.67. The van der Waals surface area contributed by atoms with Crippen molar-refractivity contribution in [1.82, 2.24) is 20.2 Å². The molecule has 8 nitrogen and oxygen atoms in total. The van der Waals surface area contributed by atoms with Gasteiger partial charge in [-0.2, -0.15) is 0 Å². The van der Waals surface area contributed by atoms with E-state index in [1.54, 1.807) is 4.90 Å². The Labute approximate surface area is 197 Å². The van der Waals surface area contributed by atoms with Crippen molar-refractivity contribution in [3.63, 3.8) is 0 Å². The average molecular weight is 477 g/mol. The molecular formula is C22H28N4O4S2. The van der Waals surface area contributed by atoms with E-state index in [0.717, 1.165) is 51.0 Å². The standard InChI is InChI=1S/C22H28N4O4S2/c1-24-9-11-25(12-10-24)23-20(27)5-3-2-4-8-26-21(28)19(32-22(26)31)14-16-6-7-17-18(13-16)30-15-29-17/h6-7,13-14H,2-5,8-12,15H2,1H3,(H,23,27). The summed E-state index contributed by atoms with van der Waals surface area (Å²) < 4.78 is 11.3. The first-order valence-corrected chi connectivity index (χ1v) is 12.1. The molecule has 0 radical (unpaired) electrons. The third-order valence-electron chi connectivity index (χ3n) is 5.64. The maximum Gasteiger partial charge on any atom is 0.266 e. The zero-order valence-electron chi connectivity index (χ0n) is 18.2. The number of ether oxygens (including phenoxy) is 2. The van der Waals surface area contributed by atoms with Crippen molar-refractivity contribution in [2.45, 2.75) is 25.7 Å². The highest BCUT2D eigenvalue weighted by Crippen LogP contribution is 2.36. The largest absolute Gasteiger partial charge is 0.454 e. The number of thiocarbonyl (C=S) groups is 1. The van der Waals surface area contributed by atoms with E-state index in [4.69, 9.17) is 21.7 Å². The number of hydrazine groups is 1. The van der Waals surface area contributed by atoms with Crippen LogP contribution in [-0.2, 0) is 9.59 Å². The van der Waals surface area contributed by atoms with Crippen LogP contribution in [0.2, 0.25) is 0 Å². The molecule has 2 fully saturated rings. The van der Waals surface area contributed by atoms with Gasteiger partial charge in [0.25, 0.3) is 5.91 Å². The summed E-state index contributed by atoms with van der Waals surface area (Å²) >= 11 is 6.74. The Morgan fingerprint density at radius 2 is 1.94 bits per heavy atom. The van der Waals surface area contributed by atoms with E-state index in [2.05, 4.69) is 17.4 Å². The Balaban J connectivity index is 1.18. The molecule has 0 aromatic heterocycles. The fourth-order valence-electron chi connectivity index (χ4n) is 3.73. The lowest BCUT2D eigenvalue weighted by molar-refractivity contribution is -0.127. The third-order valence-corrected chi connectivity index (χ3v) is 7.02. The number of carbonyl (C=O) groups is 2. The monoisotopic (exact) mass is 476 g/mol. The number of thioether (sulfide) groups is 1. The van der Waals surface area contributed by atoms with Crippen molar-refractivity contribution in [3.8, 4) is 11.5 Å². The van der Waals surface area contributed by atoms with E-state index >= 15 is 0 Å². The van der Waals surface area contributed by atoms with Gasteiger partial charge in [-0.15, -0.1) is 0 Å². The van der Waals surface area contributed by atoms with Gasteiger partial charge in [-0.25, -0.2) is 5.01 Å². The molecule has 0 aliphatic carbocycles. The number of nitrogens with zero attached hydrogens (tertiary/aromatic N) is 3. The second-order valence-corrected chi connectivity index (χ2v) is 9.76. The lowest BCUT2D eigenvalue weighted by Gasteiger charge is -2.32. The van der Waals surface area contributed by atoms with Crippen LogP contribution in [0.3, 0.4) is 0 Å². The van der Waals surface area contributed by atoms with Gasteiger partial charge in [-0.05, 0) is 43.7 Å². The lowest BCUT2D eigenvalue weighted by atomic mass is 10.1. The van der Waals surface area contributed by atoms with Crippen molar-refractivity contribution >= 4 is 46.2 Å². The molecular weight excluding hydrogens is 448 g/mol. The zero-order valence-corrected chi connectivity index (χ0v) is 19.8. The molecule has 3 heterocycles. The molecule has 0 saturated carbocycles. The van der Waals surface area contributed by atoms with Crippen molar-refractivity contribution in [1.29, 1.82) is 0 Å². The molecule has 172 valence electrons. The minimum atomic E-state index is -0.0644. The van der Waals surface area contributed by atoms with E-state index in [9.17, 15) is 9.59 Å². The second kappa shape index (κ2) is 10.7. The third kappa shape index (κ3) is 5.80. The summed E-state index contributed by atoms with van der Waals surface area (Å²) in [6, 6.07) is 5.60. The summed E-state index contributed by atoms with van der Waals surface area (Å²) in [6.45, 7) is 4.44. The van der Waals surface area contributed by atoms with Crippen LogP contribution >= 0.6 is 24.0 Å². The summed E-state index contributed by atoms with van der Waals surface area (Å²) in [5, 5.41) is 1.99. The topological polar surface area (TPSA) is 74.4 Å². The Bertz CT molecular complexity index is 915. The first kappa shape index (κ1) is 23.0. The highest BCUT2D eigenvalue weighted by molar-refractivity contribution is 8.26. The second-order valence-electron chi connectivity index (χ2n) is 8.08. The van der Waals surface area contributed by atoms with Crippen LogP contribution in [0.4, 0.5) is 0 Å². The molecule has 3 aliphatic heterocycles. The molecule has 10 heteroatoms. The van der Waals surface area contributed by atoms with Gasteiger partial charge in [0, 0.05) is 39.1 Å². The van der Waals surface area contributed by atoms with Crippen molar-refractivity contribution in [2.24, 2.45) is 0 Å². The normalized spacial score (nSPS) is 20.4. The summed E-state index contributed by atoms with van der Waals surface area (Å²) in [6.07, 6.45) is 4.81. The number of hydrogen-bond donors (Lipinski definition) is 1. The Morgan fingerprint density at radius 3 is 2.75 bits per heavy atom. The van der Waals surface area contributed by atoms with Gasteiger partial charge in [-0.3, -0.25) is 19.9 Å². The summed E-state index contributed by atoms with van der Waals surface area (Å²) in [5.74, 6) is 1.40. The SMILES string of the molecule is CN1CCN(NC(=O)CCCCCN2C(=O)C(=Cc3ccc4c(c3)OCO4)SC2=S)CC1. The van der Waals surface area contributed by atoms with E-state index < -0.39 is 0 Å². The average Bonchev–Trinajstić information content (AvgIpc) is 3.34. The fourth-order valence-corrected chi connectivity index (χ4v) is 5.04. The number of carbonyl (C=O) groups excluding carboxylic acids is 2. The van der Waals surface area contributed by atoms with Crippen LogP contribution in [0.1, 0.15) is 31.2 Å². The van der Waals surface area contributed by atoms with E-state index in [1.165, 1.54) is 11.8 Å². The lowest BCUT2D eigenvalue weighted by Crippen LogP contribution is -2.52. The molecule has 0 spiro atoms. The number of benzene rings is 1. The van der Waals surface area contributed by atoms with Gasteiger partial charge in [0.2, 0.25) is 12.7 Å². The minimum Gasteiger partial charge on any atom is -0.454 e. The van der Waals surface area contributed by atoms with Crippen molar-refractivity contribution in [3.05, 3.63) is 28.7 Å². The van der Waals surface area contributed by atoms with Crippen LogP contribution in [0.25, 0.3) is 6.08 Å². The van der Waals surface area contributed by atoms with E-state index in [1.807, 2.05) is 29.3 Å². The van der Waals surface area contributed by atoms with E-state index in [0.29, 0.717) is 33.7 Å². The number of unbranched alkanes of at least 4 members (excludes halogenated alkanes) is 2. The molecule has 4 rings (SSSR count). The number of hydrogen-bond acceptors (Lipinski definition) is 8. The molecule has 0 unspecified atom stereocenters. The molecule has 1 aromatic carbocycles. The first-order valence-electron chi connectivity index (χ1n) is 10.9. The number of piperazine rings is 1. The highest BCUT2D eigenvalue weighted by atomic mass is 32.2. The molecule has 1 aromatic rings. The molecule has 32 heavy (non-hydrogen) atoms. The number of likely N-dealkylation sites (N-methyl/N-ethyl adjacent to an activating group) is 1. The first-order chi connectivity index (χ1) is 15.5.